The molecule has 3 heterocycles. The highest BCUT2D eigenvalue weighted by atomic mass is 19.4. The monoisotopic (exact) mass is 383 g/mol. The molecule has 1 fully saturated rings. The smallest absolute Gasteiger partial charge is 0.416 e. The van der Waals surface area contributed by atoms with Crippen LogP contribution in [0.15, 0.2) is 29.1 Å². The lowest BCUT2D eigenvalue weighted by atomic mass is 10.1. The number of nitrogens with zero attached hydrogens (tertiary/aromatic N) is 3. The third kappa shape index (κ3) is 2.54. The number of aromatic hydroxyl groups is 1. The number of halogens is 3. The molecule has 1 amide bonds. The summed E-state index contributed by atoms with van der Waals surface area (Å²) in [6.07, 6.45) is -4.09. The molecule has 1 aromatic carbocycles. The third-order valence-electron chi connectivity index (χ3n) is 5.08. The van der Waals surface area contributed by atoms with Crippen LogP contribution in [0.25, 0.3) is 5.69 Å². The van der Waals surface area contributed by atoms with E-state index in [-0.39, 0.29) is 29.9 Å². The van der Waals surface area contributed by atoms with Crippen molar-refractivity contribution in [3.05, 3.63) is 46.0 Å². The molecule has 27 heavy (non-hydrogen) atoms. The highest BCUT2D eigenvalue weighted by Crippen LogP contribution is 2.48. The molecule has 2 aliphatic rings. The van der Waals surface area contributed by atoms with Crippen LogP contribution in [-0.2, 0) is 15.7 Å². The largest absolute Gasteiger partial charge is 0.493 e. The maximum absolute atomic E-state index is 13.0. The van der Waals surface area contributed by atoms with Gasteiger partial charge in [-0.2, -0.15) is 13.2 Å². The first-order chi connectivity index (χ1) is 12.7. The van der Waals surface area contributed by atoms with Crippen LogP contribution in [0.4, 0.5) is 13.2 Å². The van der Waals surface area contributed by atoms with Crippen molar-refractivity contribution in [3.8, 4) is 11.6 Å². The van der Waals surface area contributed by atoms with Gasteiger partial charge in [-0.05, 0) is 24.6 Å². The van der Waals surface area contributed by atoms with Gasteiger partial charge in [-0.25, -0.2) is 9.36 Å². The van der Waals surface area contributed by atoms with E-state index in [4.69, 9.17) is 4.74 Å². The Morgan fingerprint density at radius 3 is 2.78 bits per heavy atom. The molecule has 1 saturated heterocycles. The second kappa shape index (κ2) is 5.88. The van der Waals surface area contributed by atoms with Gasteiger partial charge >= 0.3 is 11.9 Å². The average molecular weight is 383 g/mol. The van der Waals surface area contributed by atoms with E-state index in [1.807, 2.05) is 0 Å². The van der Waals surface area contributed by atoms with E-state index in [0.717, 1.165) is 16.7 Å². The number of alkyl halides is 3. The van der Waals surface area contributed by atoms with E-state index in [2.05, 4.69) is 0 Å². The number of aromatic nitrogens is 2. The number of amides is 1. The average Bonchev–Trinajstić information content (AvgIpc) is 3.26. The lowest BCUT2D eigenvalue weighted by Gasteiger charge is -2.27. The predicted octanol–water partition coefficient (Wildman–Crippen LogP) is 1.84. The van der Waals surface area contributed by atoms with Crippen LogP contribution in [0.5, 0.6) is 5.88 Å². The van der Waals surface area contributed by atoms with Crippen LogP contribution in [0, 0.1) is 0 Å². The molecule has 2 bridgehead atoms. The summed E-state index contributed by atoms with van der Waals surface area (Å²) in [5, 5.41) is 10.6. The zero-order valence-corrected chi connectivity index (χ0v) is 14.2. The summed E-state index contributed by atoms with van der Waals surface area (Å²) in [6, 6.07) is 3.38. The van der Waals surface area contributed by atoms with E-state index in [0.29, 0.717) is 13.0 Å². The predicted molar refractivity (Wildman–Crippen MR) is 86.7 cm³/mol. The first kappa shape index (κ1) is 17.7. The molecule has 0 radical (unpaired) electrons. The Balaban J connectivity index is 1.80. The minimum absolute atomic E-state index is 0.0802. The SMILES string of the molecule is COCC(=O)N1C[C@@H]2C[C@H]1c1c(O)n(-c3cccc(C(F)(F)F)c3)c(=O)n12. The van der Waals surface area contributed by atoms with Gasteiger partial charge in [0, 0.05) is 13.7 Å². The van der Waals surface area contributed by atoms with Crippen LogP contribution in [-0.4, -0.2) is 45.3 Å². The summed E-state index contributed by atoms with van der Waals surface area (Å²) >= 11 is 0. The summed E-state index contributed by atoms with van der Waals surface area (Å²) in [6.45, 7) is 0.175. The number of hydrogen-bond acceptors (Lipinski definition) is 4. The number of benzene rings is 1. The molecule has 0 saturated carbocycles. The Hall–Kier alpha value is -2.75. The van der Waals surface area contributed by atoms with Crippen molar-refractivity contribution in [1.82, 2.24) is 14.0 Å². The van der Waals surface area contributed by atoms with Crippen molar-refractivity contribution in [2.45, 2.75) is 24.7 Å². The topological polar surface area (TPSA) is 76.7 Å². The molecule has 1 aromatic heterocycles. The molecule has 144 valence electrons. The van der Waals surface area contributed by atoms with Gasteiger partial charge in [-0.3, -0.25) is 9.36 Å². The van der Waals surface area contributed by atoms with Crippen LogP contribution >= 0.6 is 0 Å². The van der Waals surface area contributed by atoms with E-state index in [1.165, 1.54) is 28.7 Å². The minimum Gasteiger partial charge on any atom is -0.493 e. The lowest BCUT2D eigenvalue weighted by molar-refractivity contribution is -0.138. The summed E-state index contributed by atoms with van der Waals surface area (Å²) in [5.41, 5.74) is -1.37. The third-order valence-corrected chi connectivity index (χ3v) is 5.08. The van der Waals surface area contributed by atoms with Crippen LogP contribution < -0.4 is 5.69 Å². The Morgan fingerprint density at radius 1 is 1.37 bits per heavy atom. The standard InChI is InChI=1S/C17H16F3N3O4/c1-27-8-13(24)21-7-11-6-12(21)14-15(25)23(16(26)22(11)14)10-4-2-3-9(5-10)17(18,19)20/h2-5,11-12,25H,6-8H2,1H3/t11-,12-/m0/s1. The maximum Gasteiger partial charge on any atom is 0.416 e. The summed E-state index contributed by atoms with van der Waals surface area (Å²) in [7, 11) is 1.39. The van der Waals surface area contributed by atoms with Gasteiger partial charge in [0.15, 0.2) is 0 Å². The second-order valence-electron chi connectivity index (χ2n) is 6.63. The van der Waals surface area contributed by atoms with E-state index >= 15 is 0 Å². The number of rotatable bonds is 3. The summed E-state index contributed by atoms with van der Waals surface area (Å²) in [4.78, 5) is 26.5. The van der Waals surface area contributed by atoms with Crippen LogP contribution in [0.2, 0.25) is 0 Å². The second-order valence-corrected chi connectivity index (χ2v) is 6.63. The molecule has 2 atom stereocenters. The molecule has 0 aliphatic carbocycles. The van der Waals surface area contributed by atoms with Gasteiger partial charge in [-0.15, -0.1) is 0 Å². The maximum atomic E-state index is 13.0. The first-order valence-electron chi connectivity index (χ1n) is 8.26. The molecule has 1 N–H and O–H groups in total. The normalized spacial score (nSPS) is 21.0. The highest BCUT2D eigenvalue weighted by molar-refractivity contribution is 5.78. The zero-order valence-electron chi connectivity index (χ0n) is 14.2. The van der Waals surface area contributed by atoms with E-state index in [9.17, 15) is 27.9 Å². The van der Waals surface area contributed by atoms with E-state index in [1.54, 1.807) is 0 Å². The number of hydrogen-bond donors (Lipinski definition) is 1. The van der Waals surface area contributed by atoms with Crippen molar-refractivity contribution in [3.63, 3.8) is 0 Å². The molecular weight excluding hydrogens is 367 g/mol. The van der Waals surface area contributed by atoms with Crippen molar-refractivity contribution >= 4 is 5.91 Å². The minimum atomic E-state index is -4.57. The Bertz CT molecular complexity index is 979. The van der Waals surface area contributed by atoms with Gasteiger partial charge in [0.05, 0.1) is 23.3 Å². The molecule has 0 unspecified atom stereocenters. The summed E-state index contributed by atoms with van der Waals surface area (Å²) in [5.74, 6) is -0.711. The Morgan fingerprint density at radius 2 is 2.11 bits per heavy atom. The molecular formula is C17H16F3N3O4. The number of likely N-dealkylation sites (tertiary alicyclic amines) is 1. The van der Waals surface area contributed by atoms with Gasteiger partial charge in [0.1, 0.15) is 12.3 Å². The Labute approximate surface area is 151 Å². The number of fused-ring (bicyclic) bond motifs is 5. The zero-order chi connectivity index (χ0) is 19.5. The highest BCUT2D eigenvalue weighted by Gasteiger charge is 2.49. The molecule has 4 rings (SSSR count). The van der Waals surface area contributed by atoms with Gasteiger partial charge in [0.2, 0.25) is 11.8 Å². The number of imidazole rings is 1. The van der Waals surface area contributed by atoms with Crippen LogP contribution in [0.3, 0.4) is 0 Å². The fourth-order valence-electron chi connectivity index (χ4n) is 3.98. The van der Waals surface area contributed by atoms with Gasteiger partial charge in [-0.1, -0.05) is 6.07 Å². The molecule has 2 aromatic rings. The van der Waals surface area contributed by atoms with E-state index < -0.39 is 29.4 Å². The Kier molecular flexibility index (Phi) is 3.84. The summed E-state index contributed by atoms with van der Waals surface area (Å²) < 4.78 is 46.0. The first-order valence-corrected chi connectivity index (χ1v) is 8.26. The van der Waals surface area contributed by atoms with Crippen molar-refractivity contribution in [2.24, 2.45) is 0 Å². The number of ether oxygens (including phenoxy) is 1. The van der Waals surface area contributed by atoms with Crippen molar-refractivity contribution < 1.29 is 27.8 Å². The number of carbonyl (C=O) groups is 1. The van der Waals surface area contributed by atoms with Gasteiger partial charge < -0.3 is 14.7 Å². The lowest BCUT2D eigenvalue weighted by Crippen LogP contribution is -2.39. The van der Waals surface area contributed by atoms with Crippen molar-refractivity contribution in [1.29, 1.82) is 0 Å². The van der Waals surface area contributed by atoms with Crippen LogP contribution in [0.1, 0.15) is 29.8 Å². The molecule has 2 aliphatic heterocycles. The number of methoxy groups -OCH3 is 1. The fraction of sp³-hybridized carbons (Fsp3) is 0.412. The quantitative estimate of drug-likeness (QED) is 0.878. The number of carbonyl (C=O) groups excluding carboxylic acids is 1. The fourth-order valence-corrected chi connectivity index (χ4v) is 3.98. The molecule has 0 spiro atoms. The molecule has 7 nitrogen and oxygen atoms in total. The van der Waals surface area contributed by atoms with Gasteiger partial charge in [0.25, 0.3) is 0 Å². The van der Waals surface area contributed by atoms with Crippen molar-refractivity contribution in [2.75, 3.05) is 20.3 Å². The molecule has 10 heteroatoms.